The number of benzene rings is 1. The standard InChI is InChI=1S/C17H23N3O/c18-15-7-3-6-14(15)17(21)19-10-4-11-20-12-9-13-5-1-2-8-16(13)20/h1-2,5,8-9,12,14-15H,3-4,6-7,10-11,18H2,(H,19,21). The highest BCUT2D eigenvalue weighted by molar-refractivity contribution is 5.80. The molecule has 21 heavy (non-hydrogen) atoms. The Bertz CT molecular complexity index is 619. The summed E-state index contributed by atoms with van der Waals surface area (Å²) in [5.41, 5.74) is 7.21. The number of carbonyl (C=O) groups is 1. The van der Waals surface area contributed by atoms with Gasteiger partial charge in [-0.1, -0.05) is 24.6 Å². The number of aryl methyl sites for hydroxylation is 1. The summed E-state index contributed by atoms with van der Waals surface area (Å²) in [6.45, 7) is 1.64. The van der Waals surface area contributed by atoms with Crippen LogP contribution in [0.15, 0.2) is 36.5 Å². The van der Waals surface area contributed by atoms with Crippen LogP contribution in [0.4, 0.5) is 0 Å². The predicted octanol–water partition coefficient (Wildman–Crippen LogP) is 2.27. The molecule has 2 unspecified atom stereocenters. The molecule has 1 aromatic carbocycles. The maximum absolute atomic E-state index is 12.0. The number of nitrogens with one attached hydrogen (secondary N) is 1. The van der Waals surface area contributed by atoms with E-state index in [1.54, 1.807) is 0 Å². The highest BCUT2D eigenvalue weighted by Crippen LogP contribution is 2.23. The van der Waals surface area contributed by atoms with Crippen molar-refractivity contribution >= 4 is 16.8 Å². The molecular formula is C17H23N3O. The first-order chi connectivity index (χ1) is 10.3. The predicted molar refractivity (Wildman–Crippen MR) is 84.9 cm³/mol. The van der Waals surface area contributed by atoms with E-state index >= 15 is 0 Å². The van der Waals surface area contributed by atoms with E-state index in [-0.39, 0.29) is 17.9 Å². The molecular weight excluding hydrogens is 262 g/mol. The number of fused-ring (bicyclic) bond motifs is 1. The number of hydrogen-bond donors (Lipinski definition) is 2. The molecule has 3 rings (SSSR count). The topological polar surface area (TPSA) is 60.1 Å². The van der Waals surface area contributed by atoms with Gasteiger partial charge in [-0.15, -0.1) is 0 Å². The van der Waals surface area contributed by atoms with Crippen molar-refractivity contribution in [3.05, 3.63) is 36.5 Å². The largest absolute Gasteiger partial charge is 0.356 e. The molecule has 1 amide bonds. The van der Waals surface area contributed by atoms with Crippen LogP contribution in [0.2, 0.25) is 0 Å². The van der Waals surface area contributed by atoms with Gasteiger partial charge in [0.15, 0.2) is 0 Å². The Morgan fingerprint density at radius 3 is 2.95 bits per heavy atom. The first-order valence-electron chi connectivity index (χ1n) is 7.83. The van der Waals surface area contributed by atoms with Crippen molar-refractivity contribution in [3.8, 4) is 0 Å². The quantitative estimate of drug-likeness (QED) is 0.828. The van der Waals surface area contributed by atoms with Crippen LogP contribution in [-0.2, 0) is 11.3 Å². The summed E-state index contributed by atoms with van der Waals surface area (Å²) in [6, 6.07) is 10.5. The van der Waals surface area contributed by atoms with Crippen molar-refractivity contribution in [1.29, 1.82) is 0 Å². The minimum absolute atomic E-state index is 0.0254. The number of carbonyl (C=O) groups excluding carboxylic acids is 1. The van der Waals surface area contributed by atoms with E-state index in [0.29, 0.717) is 6.54 Å². The normalized spacial score (nSPS) is 21.8. The van der Waals surface area contributed by atoms with E-state index in [4.69, 9.17) is 5.73 Å². The molecule has 1 aliphatic rings. The molecule has 1 saturated carbocycles. The van der Waals surface area contributed by atoms with E-state index < -0.39 is 0 Å². The lowest BCUT2D eigenvalue weighted by Crippen LogP contribution is -2.39. The first-order valence-corrected chi connectivity index (χ1v) is 7.83. The fourth-order valence-electron chi connectivity index (χ4n) is 3.24. The molecule has 1 aromatic heterocycles. The third-order valence-corrected chi connectivity index (χ3v) is 4.46. The van der Waals surface area contributed by atoms with Gasteiger partial charge in [0.05, 0.1) is 5.92 Å². The smallest absolute Gasteiger partial charge is 0.224 e. The maximum atomic E-state index is 12.0. The zero-order chi connectivity index (χ0) is 14.7. The summed E-state index contributed by atoms with van der Waals surface area (Å²) in [5, 5.41) is 4.30. The Balaban J connectivity index is 1.47. The van der Waals surface area contributed by atoms with Crippen LogP contribution in [0.3, 0.4) is 0 Å². The lowest BCUT2D eigenvalue weighted by molar-refractivity contribution is -0.125. The summed E-state index contributed by atoms with van der Waals surface area (Å²) >= 11 is 0. The lowest BCUT2D eigenvalue weighted by Gasteiger charge is -2.15. The molecule has 112 valence electrons. The van der Waals surface area contributed by atoms with Gasteiger partial charge in [-0.3, -0.25) is 4.79 Å². The first kappa shape index (κ1) is 14.1. The molecule has 0 saturated heterocycles. The van der Waals surface area contributed by atoms with Crippen molar-refractivity contribution in [2.45, 2.75) is 38.3 Å². The Morgan fingerprint density at radius 2 is 2.14 bits per heavy atom. The van der Waals surface area contributed by atoms with Crippen molar-refractivity contribution in [1.82, 2.24) is 9.88 Å². The van der Waals surface area contributed by atoms with Crippen molar-refractivity contribution < 1.29 is 4.79 Å². The third-order valence-electron chi connectivity index (χ3n) is 4.46. The number of hydrogen-bond acceptors (Lipinski definition) is 2. The zero-order valence-electron chi connectivity index (χ0n) is 12.3. The Morgan fingerprint density at radius 1 is 1.29 bits per heavy atom. The van der Waals surface area contributed by atoms with Gasteiger partial charge in [-0.25, -0.2) is 0 Å². The zero-order valence-corrected chi connectivity index (χ0v) is 12.3. The average Bonchev–Trinajstić information content (AvgIpc) is 3.10. The number of rotatable bonds is 5. The van der Waals surface area contributed by atoms with E-state index in [1.807, 2.05) is 0 Å². The fourth-order valence-corrected chi connectivity index (χ4v) is 3.24. The third kappa shape index (κ3) is 3.10. The Labute approximate surface area is 125 Å². The number of amides is 1. The molecule has 3 N–H and O–H groups in total. The van der Waals surface area contributed by atoms with Crippen LogP contribution < -0.4 is 11.1 Å². The molecule has 0 spiro atoms. The summed E-state index contributed by atoms with van der Waals surface area (Å²) in [7, 11) is 0. The van der Waals surface area contributed by atoms with Crippen LogP contribution >= 0.6 is 0 Å². The van der Waals surface area contributed by atoms with Gasteiger partial charge >= 0.3 is 0 Å². The summed E-state index contributed by atoms with van der Waals surface area (Å²) in [4.78, 5) is 12.0. The van der Waals surface area contributed by atoms with Crippen molar-refractivity contribution in [3.63, 3.8) is 0 Å². The van der Waals surface area contributed by atoms with E-state index in [2.05, 4.69) is 46.4 Å². The van der Waals surface area contributed by atoms with E-state index in [0.717, 1.165) is 32.2 Å². The summed E-state index contributed by atoms with van der Waals surface area (Å²) < 4.78 is 2.24. The number of nitrogens with two attached hydrogens (primary N) is 1. The molecule has 0 aliphatic heterocycles. The molecule has 1 fully saturated rings. The van der Waals surface area contributed by atoms with Gasteiger partial charge in [0.1, 0.15) is 0 Å². The van der Waals surface area contributed by atoms with Crippen molar-refractivity contribution in [2.24, 2.45) is 11.7 Å². The molecule has 1 heterocycles. The van der Waals surface area contributed by atoms with Crippen LogP contribution in [-0.4, -0.2) is 23.1 Å². The molecule has 2 atom stereocenters. The molecule has 4 heteroatoms. The van der Waals surface area contributed by atoms with Gasteiger partial charge in [0.2, 0.25) is 5.91 Å². The van der Waals surface area contributed by atoms with Gasteiger partial charge in [0.25, 0.3) is 0 Å². The minimum Gasteiger partial charge on any atom is -0.356 e. The monoisotopic (exact) mass is 285 g/mol. The highest BCUT2D eigenvalue weighted by atomic mass is 16.1. The highest BCUT2D eigenvalue weighted by Gasteiger charge is 2.29. The Hall–Kier alpha value is -1.81. The minimum atomic E-state index is 0.0254. The van der Waals surface area contributed by atoms with E-state index in [1.165, 1.54) is 10.9 Å². The Kier molecular flexibility index (Phi) is 4.25. The number of aromatic nitrogens is 1. The van der Waals surface area contributed by atoms with Gasteiger partial charge in [-0.05, 0) is 36.8 Å². The molecule has 0 radical (unpaired) electrons. The van der Waals surface area contributed by atoms with Gasteiger partial charge in [-0.2, -0.15) is 0 Å². The number of nitrogens with zero attached hydrogens (tertiary/aromatic N) is 1. The van der Waals surface area contributed by atoms with Crippen LogP contribution in [0, 0.1) is 5.92 Å². The van der Waals surface area contributed by atoms with Gasteiger partial charge < -0.3 is 15.6 Å². The molecule has 2 aromatic rings. The molecule has 1 aliphatic carbocycles. The summed E-state index contributed by atoms with van der Waals surface area (Å²) in [5.74, 6) is 0.162. The van der Waals surface area contributed by atoms with Crippen LogP contribution in [0.5, 0.6) is 0 Å². The molecule has 0 bridgehead atoms. The fraction of sp³-hybridized carbons (Fsp3) is 0.471. The second-order valence-corrected chi connectivity index (χ2v) is 5.91. The molecule has 4 nitrogen and oxygen atoms in total. The van der Waals surface area contributed by atoms with Crippen molar-refractivity contribution in [2.75, 3.05) is 6.54 Å². The van der Waals surface area contributed by atoms with E-state index in [9.17, 15) is 4.79 Å². The van der Waals surface area contributed by atoms with Gasteiger partial charge in [0, 0.05) is 30.8 Å². The second kappa shape index (κ2) is 6.31. The average molecular weight is 285 g/mol. The lowest BCUT2D eigenvalue weighted by atomic mass is 10.0. The SMILES string of the molecule is NC1CCCC1C(=O)NCCCn1ccc2ccccc21. The summed E-state index contributed by atoms with van der Waals surface area (Å²) in [6.07, 6.45) is 6.04. The van der Waals surface area contributed by atoms with Crippen LogP contribution in [0.25, 0.3) is 10.9 Å². The second-order valence-electron chi connectivity index (χ2n) is 5.91. The number of para-hydroxylation sites is 1. The maximum Gasteiger partial charge on any atom is 0.224 e. The van der Waals surface area contributed by atoms with Crippen LogP contribution in [0.1, 0.15) is 25.7 Å².